The first-order valence-electron chi connectivity index (χ1n) is 9.01. The molecule has 0 aliphatic carbocycles. The molecule has 0 spiro atoms. The summed E-state index contributed by atoms with van der Waals surface area (Å²) >= 11 is 16.5. The van der Waals surface area contributed by atoms with Crippen molar-refractivity contribution in [3.8, 4) is 11.8 Å². The number of nitriles is 1. The highest BCUT2D eigenvalue weighted by Crippen LogP contribution is 2.36. The largest absolute Gasteiger partial charge is 0.505 e. The highest BCUT2D eigenvalue weighted by Gasteiger charge is 2.20. The minimum absolute atomic E-state index is 0.0873. The van der Waals surface area contributed by atoms with Crippen LogP contribution in [0.15, 0.2) is 53.4 Å². The van der Waals surface area contributed by atoms with E-state index < -0.39 is 11.8 Å². The zero-order chi connectivity index (χ0) is 22.0. The average Bonchev–Trinajstić information content (AvgIpc) is 2.71. The van der Waals surface area contributed by atoms with Gasteiger partial charge in [-0.05, 0) is 48.7 Å². The lowest BCUT2D eigenvalue weighted by Crippen LogP contribution is -2.14. The third-order valence-electron chi connectivity index (χ3n) is 4.79. The number of halogens is 2. The van der Waals surface area contributed by atoms with Crippen LogP contribution in [0.5, 0.6) is 5.75 Å². The van der Waals surface area contributed by atoms with Crippen molar-refractivity contribution in [2.24, 2.45) is 0 Å². The second-order valence-electron chi connectivity index (χ2n) is 6.91. The lowest BCUT2D eigenvalue weighted by Gasteiger charge is -2.17. The van der Waals surface area contributed by atoms with E-state index >= 15 is 0 Å². The number of anilines is 1. The summed E-state index contributed by atoms with van der Waals surface area (Å²) in [5.74, 6) is -1.25. The summed E-state index contributed by atoms with van der Waals surface area (Å²) in [4.78, 5) is 12.8. The van der Waals surface area contributed by atoms with Gasteiger partial charge in [-0.3, -0.25) is 4.79 Å². The zero-order valence-corrected chi connectivity index (χ0v) is 18.6. The maximum Gasteiger partial charge on any atom is 0.256 e. The molecule has 2 N–H and O–H groups in total. The Hall–Kier alpha value is -2.65. The van der Waals surface area contributed by atoms with Crippen LogP contribution in [0.1, 0.15) is 38.5 Å². The van der Waals surface area contributed by atoms with Gasteiger partial charge in [-0.15, -0.1) is 12.6 Å². The van der Waals surface area contributed by atoms with Crippen molar-refractivity contribution in [1.29, 1.82) is 5.26 Å². The number of aryl methyl sites for hydroxylation is 2. The molecule has 3 aromatic rings. The van der Waals surface area contributed by atoms with Crippen molar-refractivity contribution >= 4 is 47.4 Å². The molecule has 30 heavy (non-hydrogen) atoms. The Labute approximate surface area is 190 Å². The topological polar surface area (TPSA) is 73.1 Å². The number of carbonyl (C=O) groups excluding carboxylic acids is 1. The SMILES string of the molecule is Cc1ccc(C(C#N)c2cc(C)c(NC(=O)c3ccc(Cl)c(O)c3S)cc2Cl)cc1. The molecule has 0 saturated heterocycles. The fourth-order valence-electron chi connectivity index (χ4n) is 3.07. The lowest BCUT2D eigenvalue weighted by atomic mass is 9.90. The summed E-state index contributed by atoms with van der Waals surface area (Å²) < 4.78 is 0. The second-order valence-corrected chi connectivity index (χ2v) is 8.17. The maximum atomic E-state index is 12.7. The van der Waals surface area contributed by atoms with Crippen LogP contribution in [0.4, 0.5) is 5.69 Å². The first kappa shape index (κ1) is 22.0. The number of aromatic hydroxyl groups is 1. The number of thiol groups is 1. The fourth-order valence-corrected chi connectivity index (χ4v) is 3.86. The summed E-state index contributed by atoms with van der Waals surface area (Å²) in [7, 11) is 0. The van der Waals surface area contributed by atoms with Crippen molar-refractivity contribution in [2.75, 3.05) is 5.32 Å². The van der Waals surface area contributed by atoms with E-state index in [1.807, 2.05) is 38.1 Å². The highest BCUT2D eigenvalue weighted by atomic mass is 35.5. The van der Waals surface area contributed by atoms with Gasteiger partial charge in [0, 0.05) is 10.7 Å². The molecular formula is C23H18Cl2N2O2S. The molecule has 3 aromatic carbocycles. The van der Waals surface area contributed by atoms with Crippen molar-refractivity contribution in [3.05, 3.63) is 86.4 Å². The minimum Gasteiger partial charge on any atom is -0.505 e. The van der Waals surface area contributed by atoms with Crippen LogP contribution >= 0.6 is 35.8 Å². The van der Waals surface area contributed by atoms with E-state index in [9.17, 15) is 15.2 Å². The Morgan fingerprint density at radius 2 is 1.77 bits per heavy atom. The molecule has 4 nitrogen and oxygen atoms in total. The van der Waals surface area contributed by atoms with Crippen molar-refractivity contribution < 1.29 is 9.90 Å². The van der Waals surface area contributed by atoms with Gasteiger partial charge in [-0.25, -0.2) is 0 Å². The first-order chi connectivity index (χ1) is 14.2. The predicted molar refractivity (Wildman–Crippen MR) is 123 cm³/mol. The van der Waals surface area contributed by atoms with Gasteiger partial charge in [-0.2, -0.15) is 5.26 Å². The van der Waals surface area contributed by atoms with Crippen molar-refractivity contribution in [2.45, 2.75) is 24.7 Å². The molecule has 1 amide bonds. The lowest BCUT2D eigenvalue weighted by molar-refractivity contribution is 0.102. The predicted octanol–water partition coefficient (Wildman–Crippen LogP) is 6.51. The summed E-state index contributed by atoms with van der Waals surface area (Å²) in [6.45, 7) is 3.80. The average molecular weight is 457 g/mol. The smallest absolute Gasteiger partial charge is 0.256 e. The molecule has 0 heterocycles. The monoisotopic (exact) mass is 456 g/mol. The summed E-state index contributed by atoms with van der Waals surface area (Å²) in [5, 5.41) is 22.9. The molecule has 0 radical (unpaired) electrons. The number of rotatable bonds is 4. The standard InChI is InChI=1S/C23H18Cl2N2O2S/c1-12-3-5-14(6-4-12)17(11-26)16-9-13(2)20(10-19(16)25)27-23(29)15-7-8-18(24)21(28)22(15)30/h3-10,17,28,30H,1-2H3,(H,27,29). The number of hydrogen-bond acceptors (Lipinski definition) is 4. The van der Waals surface area contributed by atoms with Gasteiger partial charge in [0.15, 0.2) is 0 Å². The van der Waals surface area contributed by atoms with E-state index in [1.165, 1.54) is 12.1 Å². The molecular weight excluding hydrogens is 439 g/mol. The van der Waals surface area contributed by atoms with Crippen LogP contribution < -0.4 is 5.32 Å². The molecule has 0 fully saturated rings. The number of phenols is 1. The number of nitrogens with one attached hydrogen (secondary N) is 1. The van der Waals surface area contributed by atoms with Crippen molar-refractivity contribution in [1.82, 2.24) is 0 Å². The van der Waals surface area contributed by atoms with Crippen LogP contribution in [-0.4, -0.2) is 11.0 Å². The molecule has 1 atom stereocenters. The Morgan fingerprint density at radius 3 is 2.40 bits per heavy atom. The first-order valence-corrected chi connectivity index (χ1v) is 10.2. The maximum absolute atomic E-state index is 12.7. The van der Waals surface area contributed by atoms with Gasteiger partial charge in [0.1, 0.15) is 5.75 Å². The molecule has 152 valence electrons. The highest BCUT2D eigenvalue weighted by molar-refractivity contribution is 7.80. The molecule has 0 saturated carbocycles. The zero-order valence-electron chi connectivity index (χ0n) is 16.2. The molecule has 0 bridgehead atoms. The van der Waals surface area contributed by atoms with Crippen LogP contribution in [0.25, 0.3) is 0 Å². The Kier molecular flexibility index (Phi) is 6.62. The van der Waals surface area contributed by atoms with E-state index in [0.717, 1.165) is 16.7 Å². The van der Waals surface area contributed by atoms with E-state index in [4.69, 9.17) is 23.2 Å². The number of hydrogen-bond donors (Lipinski definition) is 3. The molecule has 3 rings (SSSR count). The molecule has 0 aliphatic rings. The van der Waals surface area contributed by atoms with Gasteiger partial charge in [-0.1, -0.05) is 59.1 Å². The van der Waals surface area contributed by atoms with Crippen molar-refractivity contribution in [3.63, 3.8) is 0 Å². The number of carbonyl (C=O) groups is 1. The number of benzene rings is 3. The second kappa shape index (κ2) is 9.01. The van der Waals surface area contributed by atoms with E-state index in [-0.39, 0.29) is 21.2 Å². The Bertz CT molecular complexity index is 1170. The molecule has 0 aliphatic heterocycles. The number of amides is 1. The summed E-state index contributed by atoms with van der Waals surface area (Å²) in [6, 6.07) is 16.3. The quantitative estimate of drug-likeness (QED) is 0.391. The van der Waals surface area contributed by atoms with E-state index in [0.29, 0.717) is 16.3 Å². The van der Waals surface area contributed by atoms with Crippen LogP contribution in [-0.2, 0) is 0 Å². The third kappa shape index (κ3) is 4.41. The van der Waals surface area contributed by atoms with E-state index in [1.54, 1.807) is 12.1 Å². The van der Waals surface area contributed by atoms with Gasteiger partial charge >= 0.3 is 0 Å². The van der Waals surface area contributed by atoms with Gasteiger partial charge < -0.3 is 10.4 Å². The van der Waals surface area contributed by atoms with Gasteiger partial charge in [0.05, 0.1) is 27.5 Å². The van der Waals surface area contributed by atoms with Crippen LogP contribution in [0.3, 0.4) is 0 Å². The summed E-state index contributed by atoms with van der Waals surface area (Å²) in [6.07, 6.45) is 0. The molecule has 7 heteroatoms. The molecule has 1 unspecified atom stereocenters. The van der Waals surface area contributed by atoms with E-state index in [2.05, 4.69) is 24.0 Å². The van der Waals surface area contributed by atoms with Crippen LogP contribution in [0.2, 0.25) is 10.0 Å². The third-order valence-corrected chi connectivity index (χ3v) is 5.87. The Morgan fingerprint density at radius 1 is 1.10 bits per heavy atom. The number of phenolic OH excluding ortho intramolecular Hbond substituents is 1. The van der Waals surface area contributed by atoms with Gasteiger partial charge in [0.25, 0.3) is 5.91 Å². The van der Waals surface area contributed by atoms with Crippen LogP contribution in [0, 0.1) is 25.2 Å². The summed E-state index contributed by atoms with van der Waals surface area (Å²) in [5.41, 5.74) is 4.03. The fraction of sp³-hybridized carbons (Fsp3) is 0.130. The Balaban J connectivity index is 1.93. The minimum atomic E-state index is -0.529. The van der Waals surface area contributed by atoms with Gasteiger partial charge in [0.2, 0.25) is 0 Å². The normalized spacial score (nSPS) is 11.6. The molecule has 0 aromatic heterocycles. The number of nitrogens with zero attached hydrogens (tertiary/aromatic N) is 1.